The highest BCUT2D eigenvalue weighted by atomic mass is 15.1. The molecule has 15 heavy (non-hydrogen) atoms. The Kier molecular flexibility index (Phi) is 1.88. The fraction of sp³-hybridized carbons (Fsp3) is 0.308. The third-order valence-electron chi connectivity index (χ3n) is 3.21. The highest BCUT2D eigenvalue weighted by Gasteiger charge is 2.21. The minimum absolute atomic E-state index is 1.11. The largest absolute Gasteiger partial charge is 0.377 e. The highest BCUT2D eigenvalue weighted by molar-refractivity contribution is 6.17. The van der Waals surface area contributed by atoms with Crippen molar-refractivity contribution in [2.45, 2.75) is 12.8 Å². The van der Waals surface area contributed by atoms with Crippen LogP contribution in [0.15, 0.2) is 35.0 Å². The summed E-state index contributed by atoms with van der Waals surface area (Å²) in [5.41, 5.74) is 5.18. The molecule has 0 atom stereocenters. The Hall–Kier alpha value is -1.57. The van der Waals surface area contributed by atoms with E-state index in [2.05, 4.69) is 35.1 Å². The monoisotopic (exact) mass is 198 g/mol. The lowest BCUT2D eigenvalue weighted by Crippen LogP contribution is -2.11. The molecule has 1 aromatic carbocycles. The second kappa shape index (κ2) is 3.23. The molecule has 3 rings (SSSR count). The molecule has 2 heterocycles. The first-order valence-corrected chi connectivity index (χ1v) is 5.44. The molecule has 0 radical (unpaired) electrons. The van der Waals surface area contributed by atoms with Crippen LogP contribution in [0.5, 0.6) is 0 Å². The first-order chi connectivity index (χ1) is 7.36. The number of aliphatic imine (C=N–C) groups is 1. The fourth-order valence-electron chi connectivity index (χ4n) is 2.40. The van der Waals surface area contributed by atoms with Crippen molar-refractivity contribution in [1.29, 1.82) is 0 Å². The third-order valence-corrected chi connectivity index (χ3v) is 3.21. The predicted octanol–water partition coefficient (Wildman–Crippen LogP) is 2.84. The van der Waals surface area contributed by atoms with Gasteiger partial charge in [0.05, 0.1) is 5.69 Å². The molecular weight excluding hydrogens is 184 g/mol. The molecule has 0 bridgehead atoms. The van der Waals surface area contributed by atoms with Crippen molar-refractivity contribution in [3.63, 3.8) is 0 Å². The van der Waals surface area contributed by atoms with E-state index < -0.39 is 0 Å². The maximum atomic E-state index is 4.45. The fourth-order valence-corrected chi connectivity index (χ4v) is 2.40. The van der Waals surface area contributed by atoms with Gasteiger partial charge in [-0.15, -0.1) is 0 Å². The molecule has 0 aromatic heterocycles. The molecular formula is C13H14N2. The van der Waals surface area contributed by atoms with Crippen LogP contribution >= 0.6 is 0 Å². The molecule has 2 nitrogen and oxygen atoms in total. The molecule has 1 fully saturated rings. The van der Waals surface area contributed by atoms with E-state index in [1.165, 1.54) is 36.2 Å². The van der Waals surface area contributed by atoms with Crippen molar-refractivity contribution in [3.05, 3.63) is 35.5 Å². The summed E-state index contributed by atoms with van der Waals surface area (Å²) in [6.45, 7) is 1.18. The summed E-state index contributed by atoms with van der Waals surface area (Å²) in [5, 5.41) is 0. The van der Waals surface area contributed by atoms with Gasteiger partial charge in [-0.05, 0) is 18.9 Å². The molecule has 0 amide bonds. The Bertz CT molecular complexity index is 457. The first kappa shape index (κ1) is 8.72. The highest BCUT2D eigenvalue weighted by Crippen LogP contribution is 2.36. The quantitative estimate of drug-likeness (QED) is 0.626. The molecule has 2 aliphatic rings. The van der Waals surface area contributed by atoms with Crippen LogP contribution in [0.4, 0.5) is 5.69 Å². The molecule has 0 N–H and O–H groups in total. The summed E-state index contributed by atoms with van der Waals surface area (Å²) < 4.78 is 0. The molecule has 0 aliphatic carbocycles. The van der Waals surface area contributed by atoms with E-state index in [4.69, 9.17) is 0 Å². The van der Waals surface area contributed by atoms with Crippen LogP contribution in [0.3, 0.4) is 0 Å². The van der Waals surface area contributed by atoms with E-state index in [0.717, 1.165) is 5.69 Å². The van der Waals surface area contributed by atoms with Crippen molar-refractivity contribution in [2.24, 2.45) is 4.99 Å². The first-order valence-electron chi connectivity index (χ1n) is 5.44. The van der Waals surface area contributed by atoms with Crippen molar-refractivity contribution in [1.82, 2.24) is 4.90 Å². The average molecular weight is 198 g/mol. The van der Waals surface area contributed by atoms with Crippen LogP contribution < -0.4 is 0 Å². The van der Waals surface area contributed by atoms with E-state index in [1.807, 2.05) is 12.3 Å². The normalized spacial score (nSPS) is 23.7. The molecule has 0 spiro atoms. The van der Waals surface area contributed by atoms with Gasteiger partial charge in [0, 0.05) is 36.6 Å². The second-order valence-corrected chi connectivity index (χ2v) is 4.16. The molecule has 2 heteroatoms. The van der Waals surface area contributed by atoms with E-state index >= 15 is 0 Å². The average Bonchev–Trinajstić information content (AvgIpc) is 2.83. The lowest BCUT2D eigenvalue weighted by molar-refractivity contribution is 0.484. The maximum Gasteiger partial charge on any atom is 0.0709 e. The zero-order chi connectivity index (χ0) is 10.3. The number of fused-ring (bicyclic) bond motifs is 1. The number of benzene rings is 1. The Morgan fingerprint density at radius 1 is 1.27 bits per heavy atom. The maximum absolute atomic E-state index is 4.45. The Morgan fingerprint density at radius 3 is 2.93 bits per heavy atom. The van der Waals surface area contributed by atoms with Crippen LogP contribution in [-0.2, 0) is 0 Å². The van der Waals surface area contributed by atoms with Crippen LogP contribution in [0.1, 0.15) is 18.4 Å². The van der Waals surface area contributed by atoms with Gasteiger partial charge in [0.15, 0.2) is 0 Å². The van der Waals surface area contributed by atoms with E-state index in [-0.39, 0.29) is 0 Å². The van der Waals surface area contributed by atoms with Crippen molar-refractivity contribution in [3.8, 4) is 0 Å². The third kappa shape index (κ3) is 1.29. The Morgan fingerprint density at radius 2 is 2.13 bits per heavy atom. The minimum Gasteiger partial charge on any atom is -0.377 e. The van der Waals surface area contributed by atoms with Crippen LogP contribution in [0.25, 0.3) is 5.57 Å². The lowest BCUT2D eigenvalue weighted by atomic mass is 10.0. The van der Waals surface area contributed by atoms with Crippen molar-refractivity contribution >= 4 is 17.5 Å². The number of hydrogen-bond acceptors (Lipinski definition) is 2. The van der Waals surface area contributed by atoms with Gasteiger partial charge in [0.1, 0.15) is 0 Å². The topological polar surface area (TPSA) is 15.6 Å². The Balaban J connectivity index is 2.14. The van der Waals surface area contributed by atoms with E-state index in [0.29, 0.717) is 0 Å². The second-order valence-electron chi connectivity index (χ2n) is 4.16. The van der Waals surface area contributed by atoms with E-state index in [1.54, 1.807) is 0 Å². The number of allylic oxidation sites excluding steroid dienone is 2. The number of likely N-dealkylation sites (tertiary alicyclic amines) is 1. The van der Waals surface area contributed by atoms with Gasteiger partial charge < -0.3 is 4.90 Å². The van der Waals surface area contributed by atoms with Gasteiger partial charge in [-0.25, -0.2) is 0 Å². The lowest BCUT2D eigenvalue weighted by Gasteiger charge is -2.15. The molecule has 0 unspecified atom stereocenters. The smallest absolute Gasteiger partial charge is 0.0709 e. The van der Waals surface area contributed by atoms with Gasteiger partial charge in [-0.2, -0.15) is 0 Å². The number of nitrogens with zero attached hydrogens (tertiary/aromatic N) is 2. The number of hydrogen-bond donors (Lipinski definition) is 0. The number of para-hydroxylation sites is 1. The van der Waals surface area contributed by atoms with Crippen LogP contribution in [-0.4, -0.2) is 24.7 Å². The zero-order valence-electron chi connectivity index (χ0n) is 8.90. The standard InChI is InChI=1S/C13H14N2/c1-15-8-4-7-13(15)11-9-14-12-6-3-2-5-10(11)12/h2-3,5-6,9H,4,7-8H2,1H3/b13-11+. The van der Waals surface area contributed by atoms with Gasteiger partial charge in [0.25, 0.3) is 0 Å². The van der Waals surface area contributed by atoms with Gasteiger partial charge in [-0.3, -0.25) is 4.99 Å². The molecule has 0 saturated carbocycles. The summed E-state index contributed by atoms with van der Waals surface area (Å²) in [6, 6.07) is 8.37. The minimum atomic E-state index is 1.11. The molecule has 76 valence electrons. The summed E-state index contributed by atoms with van der Waals surface area (Å²) >= 11 is 0. The van der Waals surface area contributed by atoms with Crippen molar-refractivity contribution in [2.75, 3.05) is 13.6 Å². The zero-order valence-corrected chi connectivity index (χ0v) is 8.90. The summed E-state index contributed by atoms with van der Waals surface area (Å²) in [4.78, 5) is 6.80. The van der Waals surface area contributed by atoms with Gasteiger partial charge >= 0.3 is 0 Å². The van der Waals surface area contributed by atoms with Crippen molar-refractivity contribution < 1.29 is 0 Å². The summed E-state index contributed by atoms with van der Waals surface area (Å²) in [5.74, 6) is 0. The number of rotatable bonds is 0. The van der Waals surface area contributed by atoms with E-state index in [9.17, 15) is 0 Å². The van der Waals surface area contributed by atoms with Gasteiger partial charge in [-0.1, -0.05) is 18.2 Å². The SMILES string of the molecule is CN1CCC/C1=C1/C=Nc2ccccc21. The molecule has 2 aliphatic heterocycles. The van der Waals surface area contributed by atoms with Crippen LogP contribution in [0.2, 0.25) is 0 Å². The van der Waals surface area contributed by atoms with Gasteiger partial charge in [0.2, 0.25) is 0 Å². The molecule has 1 saturated heterocycles. The Labute approximate surface area is 89.9 Å². The predicted molar refractivity (Wildman–Crippen MR) is 63.4 cm³/mol. The van der Waals surface area contributed by atoms with Crippen LogP contribution in [0, 0.1) is 0 Å². The summed E-state index contributed by atoms with van der Waals surface area (Å²) in [7, 11) is 2.17. The molecule has 1 aromatic rings. The summed E-state index contributed by atoms with van der Waals surface area (Å²) in [6.07, 6.45) is 4.47.